The molecule has 82 heavy (non-hydrogen) atoms. The highest BCUT2D eigenvalue weighted by Crippen LogP contribution is 2.16. The number of allylic oxidation sites excluding steroid dienone is 22. The highest BCUT2D eigenvalue weighted by atomic mass is 16.6. The number of hydrogen-bond donors (Lipinski definition) is 0. The van der Waals surface area contributed by atoms with E-state index in [1.165, 1.54) is 141 Å². The molecule has 6 nitrogen and oxygen atoms in total. The van der Waals surface area contributed by atoms with Crippen LogP contribution in [0.25, 0.3) is 0 Å². The third-order valence-corrected chi connectivity index (χ3v) is 14.4. The molecule has 1 atom stereocenters. The molecule has 0 amide bonds. The van der Waals surface area contributed by atoms with Gasteiger partial charge >= 0.3 is 17.9 Å². The van der Waals surface area contributed by atoms with Crippen LogP contribution in [0.1, 0.15) is 310 Å². The minimum absolute atomic E-state index is 0.0881. The third-order valence-electron chi connectivity index (χ3n) is 14.4. The number of hydrogen-bond acceptors (Lipinski definition) is 6. The van der Waals surface area contributed by atoms with Gasteiger partial charge in [0.05, 0.1) is 0 Å². The Hall–Kier alpha value is -4.45. The summed E-state index contributed by atoms with van der Waals surface area (Å²) in [6, 6.07) is 0. The molecule has 0 saturated heterocycles. The van der Waals surface area contributed by atoms with Crippen molar-refractivity contribution in [1.29, 1.82) is 0 Å². The van der Waals surface area contributed by atoms with Crippen LogP contribution in [-0.4, -0.2) is 37.2 Å². The van der Waals surface area contributed by atoms with Gasteiger partial charge in [0.25, 0.3) is 0 Å². The topological polar surface area (TPSA) is 78.9 Å². The van der Waals surface area contributed by atoms with Crippen LogP contribution in [0.4, 0.5) is 0 Å². The van der Waals surface area contributed by atoms with E-state index < -0.39 is 6.10 Å². The average molecular weight is 1140 g/mol. The number of carbonyl (C=O) groups excluding carboxylic acids is 3. The lowest BCUT2D eigenvalue weighted by Gasteiger charge is -2.18. The first kappa shape index (κ1) is 77.5. The highest BCUT2D eigenvalue weighted by molar-refractivity contribution is 5.71. The Labute approximate surface area is 506 Å². The molecular formula is C76H126O6. The van der Waals surface area contributed by atoms with Gasteiger partial charge in [-0.2, -0.15) is 0 Å². The van der Waals surface area contributed by atoms with Gasteiger partial charge in [-0.05, 0) is 141 Å². The van der Waals surface area contributed by atoms with Gasteiger partial charge in [-0.25, -0.2) is 0 Å². The highest BCUT2D eigenvalue weighted by Gasteiger charge is 2.19. The van der Waals surface area contributed by atoms with E-state index in [9.17, 15) is 14.4 Å². The summed E-state index contributed by atoms with van der Waals surface area (Å²) in [6.07, 6.45) is 97.5. The van der Waals surface area contributed by atoms with Gasteiger partial charge in [-0.15, -0.1) is 0 Å². The minimum Gasteiger partial charge on any atom is -0.462 e. The van der Waals surface area contributed by atoms with Crippen LogP contribution < -0.4 is 0 Å². The van der Waals surface area contributed by atoms with Crippen molar-refractivity contribution in [3.8, 4) is 0 Å². The van der Waals surface area contributed by atoms with Crippen LogP contribution >= 0.6 is 0 Å². The van der Waals surface area contributed by atoms with Crippen molar-refractivity contribution in [2.45, 2.75) is 316 Å². The monoisotopic (exact) mass is 1130 g/mol. The van der Waals surface area contributed by atoms with Gasteiger partial charge in [0.1, 0.15) is 13.2 Å². The molecule has 0 N–H and O–H groups in total. The van der Waals surface area contributed by atoms with E-state index in [0.717, 1.165) is 128 Å². The number of ether oxygens (including phenoxy) is 3. The zero-order valence-corrected chi connectivity index (χ0v) is 53.5. The molecule has 0 aromatic heterocycles. The lowest BCUT2D eigenvalue weighted by Crippen LogP contribution is -2.30. The van der Waals surface area contributed by atoms with Crippen LogP contribution in [-0.2, 0) is 28.6 Å². The van der Waals surface area contributed by atoms with Crippen molar-refractivity contribution in [1.82, 2.24) is 0 Å². The summed E-state index contributed by atoms with van der Waals surface area (Å²) >= 11 is 0. The Balaban J connectivity index is 4.29. The van der Waals surface area contributed by atoms with Crippen LogP contribution in [0, 0.1) is 0 Å². The fraction of sp³-hybridized carbons (Fsp3) is 0.671. The second-order valence-electron chi connectivity index (χ2n) is 22.3. The summed E-state index contributed by atoms with van der Waals surface area (Å²) in [5.74, 6) is -0.904. The molecule has 0 rings (SSSR count). The molecule has 6 heteroatoms. The third kappa shape index (κ3) is 66.4. The predicted molar refractivity (Wildman–Crippen MR) is 357 cm³/mol. The Bertz CT molecular complexity index is 1730. The van der Waals surface area contributed by atoms with E-state index in [0.29, 0.717) is 19.3 Å². The summed E-state index contributed by atoms with van der Waals surface area (Å²) in [6.45, 7) is 6.47. The molecule has 0 aliphatic heterocycles. The maximum absolute atomic E-state index is 12.9. The van der Waals surface area contributed by atoms with Crippen LogP contribution in [0.5, 0.6) is 0 Å². The van der Waals surface area contributed by atoms with Gasteiger partial charge in [0.15, 0.2) is 6.10 Å². The number of esters is 3. The quantitative estimate of drug-likeness (QED) is 0.0261. The Morgan fingerprint density at radius 3 is 0.756 bits per heavy atom. The number of carbonyl (C=O) groups is 3. The number of rotatable bonds is 61. The fourth-order valence-electron chi connectivity index (χ4n) is 9.25. The Morgan fingerprint density at radius 2 is 0.476 bits per heavy atom. The van der Waals surface area contributed by atoms with Crippen LogP contribution in [0.2, 0.25) is 0 Å². The molecule has 0 fully saturated rings. The normalized spacial score (nSPS) is 13.0. The molecule has 0 spiro atoms. The van der Waals surface area contributed by atoms with Gasteiger partial charge in [0, 0.05) is 19.3 Å². The first-order valence-electron chi connectivity index (χ1n) is 34.2. The van der Waals surface area contributed by atoms with Crippen LogP contribution in [0.3, 0.4) is 0 Å². The molecule has 466 valence electrons. The molecule has 0 heterocycles. The van der Waals surface area contributed by atoms with Crippen molar-refractivity contribution in [3.05, 3.63) is 134 Å². The van der Waals surface area contributed by atoms with E-state index >= 15 is 0 Å². The summed E-state index contributed by atoms with van der Waals surface area (Å²) in [4.78, 5) is 38.3. The summed E-state index contributed by atoms with van der Waals surface area (Å²) < 4.78 is 16.9. The average Bonchev–Trinajstić information content (AvgIpc) is 3.47. The van der Waals surface area contributed by atoms with Crippen LogP contribution in [0.15, 0.2) is 134 Å². The lowest BCUT2D eigenvalue weighted by atomic mass is 10.1. The summed E-state index contributed by atoms with van der Waals surface area (Å²) in [5, 5.41) is 0. The van der Waals surface area contributed by atoms with Crippen molar-refractivity contribution in [2.24, 2.45) is 0 Å². The molecule has 0 aromatic carbocycles. The largest absolute Gasteiger partial charge is 0.462 e. The molecule has 0 saturated carbocycles. The molecule has 0 bridgehead atoms. The molecule has 0 aliphatic carbocycles. The van der Waals surface area contributed by atoms with Crippen molar-refractivity contribution in [2.75, 3.05) is 13.2 Å². The Kier molecular flexibility index (Phi) is 65.3. The van der Waals surface area contributed by atoms with E-state index in [1.54, 1.807) is 0 Å². The van der Waals surface area contributed by atoms with Gasteiger partial charge in [-0.1, -0.05) is 283 Å². The maximum atomic E-state index is 12.9. The standard InChI is InChI=1S/C76H126O6/c1-4-7-10-13-16-19-22-25-27-29-31-32-33-34-35-36-37-38-39-40-41-42-43-44-46-47-49-51-54-57-60-63-66-69-75(78)81-72-73(71-80-74(77)68-65-62-59-56-53-24-21-18-15-12-9-6-3)82-76(79)70-67-64-61-58-55-52-50-48-45-30-28-26-23-20-17-14-11-8-5-2/h7,10,16-21,25-28,31-32,34-35,37-38,40-41,43-44,73H,4-6,8-9,11-15,22-24,29-30,33,36,39,42,45-72H2,1-3H3/b10-7-,19-16-,20-17-,21-18-,27-25-,28-26-,32-31-,35-34-,38-37-,41-40-,44-43-. The van der Waals surface area contributed by atoms with Gasteiger partial charge in [0.2, 0.25) is 0 Å². The first-order valence-corrected chi connectivity index (χ1v) is 34.2. The van der Waals surface area contributed by atoms with Crippen molar-refractivity contribution < 1.29 is 28.6 Å². The van der Waals surface area contributed by atoms with Gasteiger partial charge in [-0.3, -0.25) is 14.4 Å². The van der Waals surface area contributed by atoms with E-state index in [4.69, 9.17) is 14.2 Å². The predicted octanol–water partition coefficient (Wildman–Crippen LogP) is 23.7. The SMILES string of the molecule is CC/C=C\C/C=C\C/C=C\C/C=C\C/C=C\C/C=C\C/C=C\C/C=C\CCCCCCCCCCC(=O)OCC(COC(=O)CCCCCCC/C=C\CCCCC)OC(=O)CCCCCCCCCCC/C=C\C/C=C\CCCCC. The van der Waals surface area contributed by atoms with E-state index in [-0.39, 0.29) is 31.1 Å². The molecule has 0 radical (unpaired) electrons. The number of unbranched alkanes of at least 4 members (excludes halogenated alkanes) is 28. The smallest absolute Gasteiger partial charge is 0.306 e. The zero-order valence-electron chi connectivity index (χ0n) is 53.5. The second-order valence-corrected chi connectivity index (χ2v) is 22.3. The first-order chi connectivity index (χ1) is 40.5. The fourth-order valence-corrected chi connectivity index (χ4v) is 9.25. The van der Waals surface area contributed by atoms with Crippen molar-refractivity contribution >= 4 is 17.9 Å². The van der Waals surface area contributed by atoms with Gasteiger partial charge < -0.3 is 14.2 Å². The second kappa shape index (κ2) is 69.0. The Morgan fingerprint density at radius 1 is 0.256 bits per heavy atom. The minimum atomic E-state index is -0.792. The van der Waals surface area contributed by atoms with E-state index in [1.807, 2.05) is 0 Å². The zero-order chi connectivity index (χ0) is 59.2. The molecule has 1 unspecified atom stereocenters. The molecule has 0 aliphatic rings. The lowest BCUT2D eigenvalue weighted by molar-refractivity contribution is -0.167. The van der Waals surface area contributed by atoms with E-state index in [2.05, 4.69) is 154 Å². The maximum Gasteiger partial charge on any atom is 0.306 e. The molecule has 0 aromatic rings. The van der Waals surface area contributed by atoms with Crippen molar-refractivity contribution in [3.63, 3.8) is 0 Å². The molecular weight excluding hydrogens is 1010 g/mol. The summed E-state index contributed by atoms with van der Waals surface area (Å²) in [7, 11) is 0. The summed E-state index contributed by atoms with van der Waals surface area (Å²) in [5.41, 5.74) is 0.